The molecule has 6 aromatic rings. The second-order valence-corrected chi connectivity index (χ2v) is 27.3. The largest absolute Gasteiger partial charge is 0.508 e. The number of carbonyl (C=O) groups is 4. The van der Waals surface area contributed by atoms with Gasteiger partial charge < -0.3 is 49.9 Å². The van der Waals surface area contributed by atoms with Crippen LogP contribution in [0.25, 0.3) is 43.2 Å². The van der Waals surface area contributed by atoms with Gasteiger partial charge in [0.25, 0.3) is 0 Å². The molecule has 2 aromatic heterocycles. The average molecular weight is 1230 g/mol. The number of aromatic nitrogens is 3. The summed E-state index contributed by atoms with van der Waals surface area (Å²) < 4.78 is 29.5. The fraction of sp³-hybridized carbons (Fsp3) is 0.523. The number of piperazine rings is 2. The van der Waals surface area contributed by atoms with Crippen LogP contribution in [0.1, 0.15) is 92.0 Å². The van der Waals surface area contributed by atoms with E-state index in [1.165, 1.54) is 11.0 Å². The van der Waals surface area contributed by atoms with E-state index in [1.54, 1.807) is 28.4 Å². The summed E-state index contributed by atoms with van der Waals surface area (Å²) in [7, 11) is 0. The highest BCUT2D eigenvalue weighted by atomic mass is 35.5. The zero-order chi connectivity index (χ0) is 62.1. The molecule has 0 aliphatic carbocycles. The van der Waals surface area contributed by atoms with Crippen LogP contribution in [-0.4, -0.2) is 195 Å². The molecule has 19 nitrogen and oxygen atoms in total. The van der Waals surface area contributed by atoms with Crippen LogP contribution in [0, 0.1) is 24.1 Å². The second-order valence-electron chi connectivity index (χ2n) is 26.1. The van der Waals surface area contributed by atoms with Crippen molar-refractivity contribution in [2.24, 2.45) is 11.3 Å². The van der Waals surface area contributed by atoms with Crippen LogP contribution in [0.3, 0.4) is 0 Å². The average Bonchev–Trinajstić information content (AvgIpc) is 1.33. The predicted molar refractivity (Wildman–Crippen MR) is 338 cm³/mol. The quantitative estimate of drug-likeness (QED) is 0.0713. The molecule has 6 heterocycles. The number of rotatable bonds is 16. The van der Waals surface area contributed by atoms with Crippen molar-refractivity contribution in [2.75, 3.05) is 96.5 Å². The van der Waals surface area contributed by atoms with Gasteiger partial charge in [-0.2, -0.15) is 9.97 Å². The van der Waals surface area contributed by atoms with Gasteiger partial charge in [0.1, 0.15) is 40.9 Å². The van der Waals surface area contributed by atoms with Crippen molar-refractivity contribution in [2.45, 2.75) is 118 Å². The number of fused-ring (bicyclic) bond motifs is 2. The Morgan fingerprint density at radius 3 is 2.20 bits per heavy atom. The number of β-amino-alcohol motifs (C(OH)–C–C–N with tert-alkyl or cyclic N) is 1. The molecule has 4 aliphatic rings. The molecule has 5 atom stereocenters. The van der Waals surface area contributed by atoms with E-state index < -0.39 is 41.1 Å². The summed E-state index contributed by atoms with van der Waals surface area (Å²) in [5, 5.41) is 29.6. The molecule has 22 heteroatoms. The molecule has 4 aliphatic heterocycles. The van der Waals surface area contributed by atoms with Crippen LogP contribution in [0.5, 0.6) is 11.8 Å². The Labute approximate surface area is 518 Å². The Kier molecular flexibility index (Phi) is 19.3. The van der Waals surface area contributed by atoms with Gasteiger partial charge in [0.15, 0.2) is 5.82 Å². The van der Waals surface area contributed by atoms with Gasteiger partial charge in [0, 0.05) is 89.4 Å². The molecular weight excluding hydrogens is 1150 g/mol. The molecule has 4 saturated heterocycles. The zero-order valence-electron chi connectivity index (χ0n) is 51.4. The second kappa shape index (κ2) is 26.5. The first-order valence-electron chi connectivity index (χ1n) is 30.4. The van der Waals surface area contributed by atoms with Gasteiger partial charge in [-0.25, -0.2) is 14.2 Å². The van der Waals surface area contributed by atoms with Crippen LogP contribution in [0.15, 0.2) is 72.2 Å². The number of piperidine rings is 1. The maximum absolute atomic E-state index is 17.3. The topological polar surface area (TPSA) is 209 Å². The lowest BCUT2D eigenvalue weighted by atomic mass is 9.85. The monoisotopic (exact) mass is 1230 g/mol. The number of phenols is 1. The number of nitrogens with one attached hydrogen (secondary N) is 2. The van der Waals surface area contributed by atoms with E-state index in [9.17, 15) is 29.4 Å². The standard InChI is InChI=1S/C65H83ClFN11O8S/c1-39(85-62-71-56-50(59(72-62)76-26-28-77(29-27-76)63(84)86-65(7,8)9)33-51(66)54(55(56)67)49-31-46(79)30-45-12-10-11-13-48(45)49)34-74-22-24-75(25-23-74)35-42-18-20-73(21-19-42)37-53(81)70-58(64(4,5)6)61(83)78-36-47(80)32-52(78)60(82)69-40(2)43-14-16-44(17-15-43)57-41(3)68-38-87-57/h10-17,30-31,33,38-40,42,47,52,58,79-80H,18-29,32,34-37H2,1-9H3,(H,69,82)(H,70,81)/t39-,40+,47-,52+,58-/m1/s1. The molecule has 4 fully saturated rings. The summed E-state index contributed by atoms with van der Waals surface area (Å²) >= 11 is 8.58. The molecule has 4 amide bonds. The number of carbonyl (C=O) groups excluding carboxylic acids is 4. The Morgan fingerprint density at radius 2 is 1.53 bits per heavy atom. The van der Waals surface area contributed by atoms with Gasteiger partial charge in [0.2, 0.25) is 17.7 Å². The summed E-state index contributed by atoms with van der Waals surface area (Å²) in [5.41, 5.74) is 3.97. The lowest BCUT2D eigenvalue weighted by molar-refractivity contribution is -0.144. The molecule has 0 saturated carbocycles. The summed E-state index contributed by atoms with van der Waals surface area (Å²) in [4.78, 5) is 82.2. The third-order valence-electron chi connectivity index (χ3n) is 17.1. The number of aliphatic hydroxyl groups is 1. The van der Waals surface area contributed by atoms with E-state index in [1.807, 2.05) is 121 Å². The minimum Gasteiger partial charge on any atom is -0.508 e. The number of aliphatic hydroxyl groups excluding tert-OH is 1. The van der Waals surface area contributed by atoms with Crippen molar-refractivity contribution in [3.63, 3.8) is 0 Å². The molecule has 87 heavy (non-hydrogen) atoms. The van der Waals surface area contributed by atoms with Gasteiger partial charge in [-0.15, -0.1) is 11.3 Å². The Morgan fingerprint density at radius 1 is 0.839 bits per heavy atom. The van der Waals surface area contributed by atoms with Crippen LogP contribution in [-0.2, 0) is 19.1 Å². The highest BCUT2D eigenvalue weighted by molar-refractivity contribution is 7.13. The van der Waals surface area contributed by atoms with E-state index in [0.29, 0.717) is 60.8 Å². The number of hydrogen-bond acceptors (Lipinski definition) is 16. The Hall–Kier alpha value is -6.75. The number of halogens is 2. The van der Waals surface area contributed by atoms with Gasteiger partial charge >= 0.3 is 12.1 Å². The van der Waals surface area contributed by atoms with Crippen LogP contribution >= 0.6 is 22.9 Å². The minimum atomic E-state index is -0.916. The normalized spacial score (nSPS) is 19.7. The molecule has 4 N–H and O–H groups in total. The summed E-state index contributed by atoms with van der Waals surface area (Å²) in [5.74, 6) is -0.791. The smallest absolute Gasteiger partial charge is 0.410 e. The molecule has 0 radical (unpaired) electrons. The van der Waals surface area contributed by atoms with E-state index in [2.05, 4.69) is 30.3 Å². The van der Waals surface area contributed by atoms with Gasteiger partial charge in [-0.05, 0) is 124 Å². The zero-order valence-corrected chi connectivity index (χ0v) is 53.0. The lowest BCUT2D eigenvalue weighted by Gasteiger charge is -2.39. The molecule has 466 valence electrons. The van der Waals surface area contributed by atoms with E-state index in [-0.39, 0.29) is 77.2 Å². The number of phenolic OH excluding ortho intramolecular Hbond substituents is 1. The molecular formula is C65H83ClFN11O8S. The highest BCUT2D eigenvalue weighted by Gasteiger charge is 2.45. The maximum Gasteiger partial charge on any atom is 0.410 e. The van der Waals surface area contributed by atoms with Crippen LogP contribution in [0.4, 0.5) is 15.0 Å². The molecule has 0 spiro atoms. The number of likely N-dealkylation sites (tertiary alicyclic amines) is 2. The number of ether oxygens (including phenoxy) is 2. The van der Waals surface area contributed by atoms with Gasteiger partial charge in [-0.3, -0.25) is 24.2 Å². The number of anilines is 1. The first-order valence-corrected chi connectivity index (χ1v) is 31.7. The fourth-order valence-electron chi connectivity index (χ4n) is 12.5. The third-order valence-corrected chi connectivity index (χ3v) is 18.4. The SMILES string of the molecule is Cc1ncsc1-c1ccc([C@H](C)NC(=O)[C@@H]2C[C@@H](O)CN2C(=O)[C@@H](NC(=O)CN2CCC(CN3CCN(C[C@@H](C)Oc4nc(N5CCN(C(=O)OC(C)(C)C)CC5)c5cc(Cl)c(-c6cc(O)cc7ccccc67)c(F)c5n4)CC3)CC2)C(C)(C)C)cc1. The van der Waals surface area contributed by atoms with Crippen molar-refractivity contribution < 1.29 is 43.3 Å². The first kappa shape index (κ1) is 63.3. The van der Waals surface area contributed by atoms with Crippen molar-refractivity contribution in [3.8, 4) is 33.3 Å². The number of nitrogens with zero attached hydrogens (tertiary/aromatic N) is 9. The van der Waals surface area contributed by atoms with Gasteiger partial charge in [0.05, 0.1) is 39.8 Å². The predicted octanol–water partition coefficient (Wildman–Crippen LogP) is 8.90. The fourth-order valence-corrected chi connectivity index (χ4v) is 13.6. The van der Waals surface area contributed by atoms with E-state index >= 15 is 4.39 Å². The van der Waals surface area contributed by atoms with Crippen molar-refractivity contribution in [1.82, 2.24) is 50.1 Å². The minimum absolute atomic E-state index is 0.000240. The van der Waals surface area contributed by atoms with E-state index in [4.69, 9.17) is 31.0 Å². The lowest BCUT2D eigenvalue weighted by Crippen LogP contribution is -2.59. The Bertz CT molecular complexity index is 3460. The molecule has 0 bridgehead atoms. The van der Waals surface area contributed by atoms with Crippen LogP contribution < -0.4 is 20.3 Å². The van der Waals surface area contributed by atoms with Crippen molar-refractivity contribution >= 4 is 74.2 Å². The van der Waals surface area contributed by atoms with Crippen molar-refractivity contribution in [1.29, 1.82) is 0 Å². The molecule has 4 aromatic carbocycles. The third kappa shape index (κ3) is 15.1. The summed E-state index contributed by atoms with van der Waals surface area (Å²) in [6.45, 7) is 25.1. The maximum atomic E-state index is 17.3. The number of aryl methyl sites for hydroxylation is 1. The van der Waals surface area contributed by atoms with Crippen LogP contribution in [0.2, 0.25) is 5.02 Å². The number of aromatic hydroxyl groups is 1. The number of hydrogen-bond donors (Lipinski definition) is 4. The highest BCUT2D eigenvalue weighted by Crippen LogP contribution is 2.43. The number of amides is 4. The van der Waals surface area contributed by atoms with Crippen molar-refractivity contribution in [3.05, 3.63) is 94.3 Å². The molecule has 10 rings (SSSR count). The summed E-state index contributed by atoms with van der Waals surface area (Å²) in [6, 6.07) is 18.1. The number of benzene rings is 4. The Balaban J connectivity index is 0.713. The summed E-state index contributed by atoms with van der Waals surface area (Å²) in [6.07, 6.45) is 0.330. The van der Waals surface area contributed by atoms with Gasteiger partial charge in [-0.1, -0.05) is 80.9 Å². The molecule has 0 unspecified atom stereocenters. The number of thiazole rings is 1. The van der Waals surface area contributed by atoms with E-state index in [0.717, 1.165) is 85.7 Å². The first-order chi connectivity index (χ1) is 41.3.